The highest BCUT2D eigenvalue weighted by molar-refractivity contribution is 8.18. The minimum atomic E-state index is -1.20. The number of nitrogens with zero attached hydrogens (tertiary/aromatic N) is 1. The normalized spacial score (nSPS) is 17.8. The van der Waals surface area contributed by atoms with Crippen molar-refractivity contribution in [3.63, 3.8) is 0 Å². The van der Waals surface area contributed by atoms with E-state index in [0.29, 0.717) is 0 Å². The average Bonchev–Trinajstić information content (AvgIpc) is 2.78. The van der Waals surface area contributed by atoms with Gasteiger partial charge in [-0.15, -0.1) is 11.3 Å². The van der Waals surface area contributed by atoms with Crippen LogP contribution >= 0.6 is 23.1 Å². The van der Waals surface area contributed by atoms with Gasteiger partial charge in [0.05, 0.1) is 4.91 Å². The van der Waals surface area contributed by atoms with Crippen molar-refractivity contribution >= 4 is 46.3 Å². The number of aliphatic carboxylic acids is 1. The maximum Gasteiger partial charge on any atom is 0.323 e. The van der Waals surface area contributed by atoms with E-state index in [9.17, 15) is 14.4 Å². The van der Waals surface area contributed by atoms with E-state index in [1.54, 1.807) is 6.08 Å². The Hall–Kier alpha value is -1.60. The molecule has 7 heteroatoms. The van der Waals surface area contributed by atoms with E-state index in [2.05, 4.69) is 0 Å². The Morgan fingerprint density at radius 3 is 2.72 bits per heavy atom. The minimum absolute atomic E-state index is 0.267. The number of carboxylic acids is 1. The summed E-state index contributed by atoms with van der Waals surface area (Å²) < 4.78 is 0. The molecule has 0 spiro atoms. The number of hydrogen-bond acceptors (Lipinski definition) is 5. The van der Waals surface area contributed by atoms with E-state index in [-0.39, 0.29) is 4.91 Å². The zero-order valence-electron chi connectivity index (χ0n) is 9.37. The maximum absolute atomic E-state index is 11.8. The molecule has 0 saturated carbocycles. The molecule has 1 aromatic heterocycles. The van der Waals surface area contributed by atoms with Crippen LogP contribution in [-0.4, -0.2) is 33.7 Å². The van der Waals surface area contributed by atoms with Gasteiger partial charge in [-0.1, -0.05) is 0 Å². The van der Waals surface area contributed by atoms with Gasteiger partial charge in [-0.25, -0.2) is 0 Å². The second kappa shape index (κ2) is 4.95. The number of amides is 2. The fourth-order valence-electron chi connectivity index (χ4n) is 1.43. The van der Waals surface area contributed by atoms with Crippen LogP contribution in [-0.2, 0) is 9.59 Å². The van der Waals surface area contributed by atoms with Gasteiger partial charge in [-0.3, -0.25) is 19.3 Å². The molecule has 0 aromatic carbocycles. The van der Waals surface area contributed by atoms with E-state index in [4.69, 9.17) is 5.11 Å². The predicted octanol–water partition coefficient (Wildman–Crippen LogP) is 2.18. The zero-order valence-corrected chi connectivity index (χ0v) is 11.0. The highest BCUT2D eigenvalue weighted by Gasteiger charge is 2.36. The lowest BCUT2D eigenvalue weighted by atomic mass is 10.3. The van der Waals surface area contributed by atoms with Crippen LogP contribution < -0.4 is 0 Å². The van der Waals surface area contributed by atoms with Crippen molar-refractivity contribution in [3.8, 4) is 0 Å². The molecular weight excluding hydrogens is 274 g/mol. The lowest BCUT2D eigenvalue weighted by molar-refractivity contribution is -0.140. The van der Waals surface area contributed by atoms with Gasteiger partial charge in [0.15, 0.2) is 0 Å². The van der Waals surface area contributed by atoms with Gasteiger partial charge in [-0.2, -0.15) is 0 Å². The first-order valence-corrected chi connectivity index (χ1v) is 6.64. The van der Waals surface area contributed by atoms with Crippen molar-refractivity contribution in [2.24, 2.45) is 0 Å². The molecule has 0 aliphatic carbocycles. The molecule has 0 atom stereocenters. The average molecular weight is 283 g/mol. The Labute approximate surface area is 111 Å². The van der Waals surface area contributed by atoms with E-state index in [1.807, 2.05) is 19.1 Å². The molecule has 18 heavy (non-hydrogen) atoms. The van der Waals surface area contributed by atoms with E-state index in [1.165, 1.54) is 11.3 Å². The summed E-state index contributed by atoms with van der Waals surface area (Å²) in [6.07, 6.45) is 1.62. The summed E-state index contributed by atoms with van der Waals surface area (Å²) in [6, 6.07) is 3.77. The number of carboxylic acid groups (broad SMARTS) is 1. The quantitative estimate of drug-likeness (QED) is 0.861. The van der Waals surface area contributed by atoms with Gasteiger partial charge < -0.3 is 5.11 Å². The van der Waals surface area contributed by atoms with Crippen LogP contribution in [0.2, 0.25) is 0 Å². The van der Waals surface area contributed by atoms with Crippen molar-refractivity contribution in [3.05, 3.63) is 26.8 Å². The van der Waals surface area contributed by atoms with Crippen molar-refractivity contribution in [2.75, 3.05) is 6.54 Å². The first-order valence-electron chi connectivity index (χ1n) is 5.01. The Morgan fingerprint density at radius 2 is 2.17 bits per heavy atom. The second-order valence-corrected chi connectivity index (χ2v) is 5.92. The van der Waals surface area contributed by atoms with Crippen LogP contribution in [0.25, 0.3) is 6.08 Å². The molecule has 1 aliphatic rings. The number of hydrogen-bond donors (Lipinski definition) is 1. The summed E-state index contributed by atoms with van der Waals surface area (Å²) in [5.74, 6) is -1.75. The van der Waals surface area contributed by atoms with Gasteiger partial charge in [0.25, 0.3) is 11.1 Å². The molecule has 2 amide bonds. The lowest BCUT2D eigenvalue weighted by Gasteiger charge is -2.07. The summed E-state index contributed by atoms with van der Waals surface area (Å²) in [5, 5.41) is 8.08. The SMILES string of the molecule is Cc1ccc(/C=C2/SC(=O)N(CC(=O)O)C2=O)s1. The predicted molar refractivity (Wildman–Crippen MR) is 69.4 cm³/mol. The summed E-state index contributed by atoms with van der Waals surface area (Å²) in [6.45, 7) is 1.35. The fourth-order valence-corrected chi connectivity index (χ4v) is 3.16. The smallest absolute Gasteiger partial charge is 0.323 e. The summed E-state index contributed by atoms with van der Waals surface area (Å²) in [4.78, 5) is 36.8. The van der Waals surface area contributed by atoms with Crippen LogP contribution in [0.4, 0.5) is 4.79 Å². The van der Waals surface area contributed by atoms with Crippen LogP contribution in [0.15, 0.2) is 17.0 Å². The number of imide groups is 1. The molecule has 1 aromatic rings. The number of thioether (sulfide) groups is 1. The fraction of sp³-hybridized carbons (Fsp3) is 0.182. The van der Waals surface area contributed by atoms with Gasteiger partial charge in [-0.05, 0) is 36.9 Å². The number of aryl methyl sites for hydroxylation is 1. The molecule has 5 nitrogen and oxygen atoms in total. The second-order valence-electron chi connectivity index (χ2n) is 3.61. The van der Waals surface area contributed by atoms with Crippen molar-refractivity contribution in [1.29, 1.82) is 0 Å². The minimum Gasteiger partial charge on any atom is -0.480 e. The Kier molecular flexibility index (Phi) is 3.53. The summed E-state index contributed by atoms with van der Waals surface area (Å²) in [5.41, 5.74) is 0. The van der Waals surface area contributed by atoms with Gasteiger partial charge >= 0.3 is 5.97 Å². The number of carbonyl (C=O) groups is 3. The molecule has 2 rings (SSSR count). The van der Waals surface area contributed by atoms with Crippen LogP contribution in [0.5, 0.6) is 0 Å². The zero-order chi connectivity index (χ0) is 13.3. The standard InChI is InChI=1S/C11H9NO4S2/c1-6-2-3-7(17-6)4-8-10(15)12(5-9(13)14)11(16)18-8/h2-4H,5H2,1H3,(H,13,14)/b8-4+. The van der Waals surface area contributed by atoms with Crippen LogP contribution in [0.3, 0.4) is 0 Å². The number of thiophene rings is 1. The Balaban J connectivity index is 2.22. The van der Waals surface area contributed by atoms with Crippen LogP contribution in [0, 0.1) is 6.92 Å². The number of rotatable bonds is 3. The molecule has 94 valence electrons. The largest absolute Gasteiger partial charge is 0.480 e. The third kappa shape index (κ3) is 2.62. The highest BCUT2D eigenvalue weighted by Crippen LogP contribution is 2.33. The maximum atomic E-state index is 11.8. The molecule has 1 saturated heterocycles. The molecule has 0 unspecified atom stereocenters. The monoisotopic (exact) mass is 283 g/mol. The van der Waals surface area contributed by atoms with Gasteiger partial charge in [0.1, 0.15) is 6.54 Å². The third-order valence-electron chi connectivity index (χ3n) is 2.20. The van der Waals surface area contributed by atoms with Gasteiger partial charge in [0, 0.05) is 9.75 Å². The van der Waals surface area contributed by atoms with Crippen molar-refractivity contribution in [1.82, 2.24) is 4.90 Å². The summed E-state index contributed by atoms with van der Waals surface area (Å²) in [7, 11) is 0. The first kappa shape index (κ1) is 12.8. The molecule has 1 N–H and O–H groups in total. The Morgan fingerprint density at radius 1 is 1.44 bits per heavy atom. The van der Waals surface area contributed by atoms with Crippen molar-refractivity contribution in [2.45, 2.75) is 6.92 Å². The third-order valence-corrected chi connectivity index (χ3v) is 4.06. The summed E-state index contributed by atoms with van der Waals surface area (Å²) >= 11 is 2.27. The van der Waals surface area contributed by atoms with Crippen molar-refractivity contribution < 1.29 is 19.5 Å². The molecular formula is C11H9NO4S2. The topological polar surface area (TPSA) is 74.7 Å². The molecule has 2 heterocycles. The molecule has 0 bridgehead atoms. The van der Waals surface area contributed by atoms with E-state index < -0.39 is 23.7 Å². The lowest BCUT2D eigenvalue weighted by Crippen LogP contribution is -2.33. The van der Waals surface area contributed by atoms with Gasteiger partial charge in [0.2, 0.25) is 0 Å². The van der Waals surface area contributed by atoms with E-state index in [0.717, 1.165) is 26.4 Å². The molecule has 1 fully saturated rings. The Bertz CT molecular complexity index is 561. The first-order chi connectivity index (χ1) is 8.47. The van der Waals surface area contributed by atoms with Crippen LogP contribution in [0.1, 0.15) is 9.75 Å². The molecule has 0 radical (unpaired) electrons. The van der Waals surface area contributed by atoms with E-state index >= 15 is 0 Å². The highest BCUT2D eigenvalue weighted by atomic mass is 32.2. The number of carbonyl (C=O) groups excluding carboxylic acids is 2. The molecule has 1 aliphatic heterocycles.